The first kappa shape index (κ1) is 11.9. The van der Waals surface area contributed by atoms with Crippen LogP contribution in [0.1, 0.15) is 23.5 Å². The van der Waals surface area contributed by atoms with E-state index < -0.39 is 11.2 Å². The van der Waals surface area contributed by atoms with E-state index in [9.17, 15) is 13.2 Å². The summed E-state index contributed by atoms with van der Waals surface area (Å²) in [6.07, 6.45) is -1.57. The van der Waals surface area contributed by atoms with Crippen molar-refractivity contribution in [3.63, 3.8) is 0 Å². The molecular weight excluding hydrogens is 237 g/mol. The summed E-state index contributed by atoms with van der Waals surface area (Å²) < 4.78 is 37.0. The summed E-state index contributed by atoms with van der Waals surface area (Å²) >= 11 is 0.693. The number of nitrogens with one attached hydrogen (secondary N) is 1. The number of thiazole rings is 1. The van der Waals surface area contributed by atoms with Gasteiger partial charge in [-0.15, -0.1) is 11.3 Å². The van der Waals surface area contributed by atoms with Crippen LogP contribution in [0.15, 0.2) is 5.38 Å². The lowest BCUT2D eigenvalue weighted by Crippen LogP contribution is -2.28. The van der Waals surface area contributed by atoms with Crippen LogP contribution in [0.2, 0.25) is 0 Å². The molecule has 1 aromatic rings. The van der Waals surface area contributed by atoms with Crippen LogP contribution in [0.5, 0.6) is 0 Å². The molecule has 1 saturated heterocycles. The van der Waals surface area contributed by atoms with Gasteiger partial charge in [0.05, 0.1) is 5.69 Å². The number of hydrogen-bond donors (Lipinski definition) is 1. The van der Waals surface area contributed by atoms with Crippen LogP contribution in [0.25, 0.3) is 0 Å². The van der Waals surface area contributed by atoms with Crippen molar-refractivity contribution < 1.29 is 13.2 Å². The Balaban J connectivity index is 1.97. The molecule has 1 aliphatic rings. The van der Waals surface area contributed by atoms with Crippen LogP contribution in [0.4, 0.5) is 13.2 Å². The highest BCUT2D eigenvalue weighted by Gasteiger charge is 2.34. The summed E-state index contributed by atoms with van der Waals surface area (Å²) in [5, 5.41) is 4.04. The van der Waals surface area contributed by atoms with Gasteiger partial charge in [0.1, 0.15) is 0 Å². The lowest BCUT2D eigenvalue weighted by Gasteiger charge is -2.21. The summed E-state index contributed by atoms with van der Waals surface area (Å²) in [6, 6.07) is 0. The molecule has 2 heterocycles. The van der Waals surface area contributed by atoms with E-state index in [4.69, 9.17) is 0 Å². The van der Waals surface area contributed by atoms with Crippen LogP contribution in [0.3, 0.4) is 0 Å². The maximum Gasteiger partial charge on any atom is 0.443 e. The van der Waals surface area contributed by atoms with E-state index in [2.05, 4.69) is 10.3 Å². The highest BCUT2D eigenvalue weighted by molar-refractivity contribution is 7.09. The maximum atomic E-state index is 12.3. The minimum absolute atomic E-state index is 0.476. The molecule has 1 aromatic heterocycles. The van der Waals surface area contributed by atoms with E-state index in [1.165, 1.54) is 5.38 Å². The molecule has 1 aliphatic heterocycles. The van der Waals surface area contributed by atoms with Gasteiger partial charge in [0, 0.05) is 5.38 Å². The Morgan fingerprint density at radius 3 is 2.62 bits per heavy atom. The van der Waals surface area contributed by atoms with Crippen molar-refractivity contribution in [3.05, 3.63) is 16.1 Å². The fourth-order valence-corrected chi connectivity index (χ4v) is 2.61. The monoisotopic (exact) mass is 250 g/mol. The van der Waals surface area contributed by atoms with E-state index in [0.29, 0.717) is 29.4 Å². The number of piperidine rings is 1. The SMILES string of the molecule is FC(F)(F)c1nc(CC2CCNCC2)cs1. The van der Waals surface area contributed by atoms with Gasteiger partial charge in [-0.25, -0.2) is 4.98 Å². The maximum absolute atomic E-state index is 12.3. The molecule has 0 aromatic carbocycles. The third-order valence-corrected chi connectivity index (χ3v) is 3.69. The predicted octanol–water partition coefficient (Wildman–Crippen LogP) is 2.70. The molecule has 0 saturated carbocycles. The van der Waals surface area contributed by atoms with Crippen LogP contribution < -0.4 is 5.32 Å². The summed E-state index contributed by atoms with van der Waals surface area (Å²) in [4.78, 5) is 3.65. The first-order valence-corrected chi connectivity index (χ1v) is 6.16. The van der Waals surface area contributed by atoms with Crippen molar-refractivity contribution in [2.45, 2.75) is 25.4 Å². The Morgan fingerprint density at radius 2 is 2.06 bits per heavy atom. The number of nitrogens with zero attached hydrogens (tertiary/aromatic N) is 1. The second kappa shape index (κ2) is 4.71. The zero-order valence-corrected chi connectivity index (χ0v) is 9.50. The first-order valence-electron chi connectivity index (χ1n) is 5.28. The average molecular weight is 250 g/mol. The molecule has 2 rings (SSSR count). The Kier molecular flexibility index (Phi) is 3.49. The third-order valence-electron chi connectivity index (χ3n) is 2.75. The van der Waals surface area contributed by atoms with Gasteiger partial charge in [0.15, 0.2) is 5.01 Å². The molecule has 6 heteroatoms. The smallest absolute Gasteiger partial charge is 0.317 e. The highest BCUT2D eigenvalue weighted by atomic mass is 32.1. The molecule has 1 fully saturated rings. The molecule has 0 bridgehead atoms. The first-order chi connectivity index (χ1) is 7.55. The molecule has 0 unspecified atom stereocenters. The standard InChI is InChI=1S/C10H13F3N2S/c11-10(12,13)9-15-8(6-16-9)5-7-1-3-14-4-2-7/h6-7,14H,1-5H2. The van der Waals surface area contributed by atoms with Crippen molar-refractivity contribution in [1.82, 2.24) is 10.3 Å². The van der Waals surface area contributed by atoms with Gasteiger partial charge in [0.2, 0.25) is 0 Å². The molecule has 0 amide bonds. The van der Waals surface area contributed by atoms with Crippen LogP contribution in [-0.2, 0) is 12.6 Å². The molecule has 0 radical (unpaired) electrons. The Labute approximate surface area is 95.9 Å². The van der Waals surface area contributed by atoms with Crippen molar-refractivity contribution >= 4 is 11.3 Å². The van der Waals surface area contributed by atoms with E-state index in [1.807, 2.05) is 0 Å². The Bertz CT molecular complexity index is 342. The van der Waals surface area contributed by atoms with Crippen molar-refractivity contribution in [1.29, 1.82) is 0 Å². The van der Waals surface area contributed by atoms with Gasteiger partial charge in [-0.05, 0) is 38.3 Å². The number of aromatic nitrogens is 1. The highest BCUT2D eigenvalue weighted by Crippen LogP contribution is 2.32. The van der Waals surface area contributed by atoms with E-state index in [1.54, 1.807) is 0 Å². The number of alkyl halides is 3. The molecule has 2 nitrogen and oxygen atoms in total. The van der Waals surface area contributed by atoms with Gasteiger partial charge in [-0.3, -0.25) is 0 Å². The second-order valence-corrected chi connectivity index (χ2v) is 4.90. The zero-order valence-electron chi connectivity index (χ0n) is 8.68. The van der Waals surface area contributed by atoms with Gasteiger partial charge in [-0.2, -0.15) is 13.2 Å². The number of rotatable bonds is 2. The van der Waals surface area contributed by atoms with Crippen molar-refractivity contribution in [2.75, 3.05) is 13.1 Å². The molecule has 0 spiro atoms. The third kappa shape index (κ3) is 2.95. The number of halogens is 3. The van der Waals surface area contributed by atoms with Crippen molar-refractivity contribution in [3.8, 4) is 0 Å². The minimum Gasteiger partial charge on any atom is -0.317 e. The molecule has 0 aliphatic carbocycles. The second-order valence-electron chi connectivity index (χ2n) is 4.04. The molecule has 16 heavy (non-hydrogen) atoms. The normalized spacial score (nSPS) is 18.9. The van der Waals surface area contributed by atoms with Crippen LogP contribution >= 0.6 is 11.3 Å². The average Bonchev–Trinajstić information content (AvgIpc) is 2.67. The van der Waals surface area contributed by atoms with Gasteiger partial charge in [-0.1, -0.05) is 0 Å². The fourth-order valence-electron chi connectivity index (χ4n) is 1.91. The van der Waals surface area contributed by atoms with Crippen LogP contribution in [0, 0.1) is 5.92 Å². The van der Waals surface area contributed by atoms with E-state index >= 15 is 0 Å². The predicted molar refractivity (Wildman–Crippen MR) is 56.4 cm³/mol. The largest absolute Gasteiger partial charge is 0.443 e. The van der Waals surface area contributed by atoms with E-state index in [0.717, 1.165) is 25.9 Å². The topological polar surface area (TPSA) is 24.9 Å². The lowest BCUT2D eigenvalue weighted by atomic mass is 9.94. The van der Waals surface area contributed by atoms with Crippen LogP contribution in [-0.4, -0.2) is 18.1 Å². The van der Waals surface area contributed by atoms with E-state index in [-0.39, 0.29) is 0 Å². The summed E-state index contributed by atoms with van der Waals surface area (Å²) in [6.45, 7) is 1.92. The quantitative estimate of drug-likeness (QED) is 0.873. The lowest BCUT2D eigenvalue weighted by molar-refractivity contribution is -0.137. The zero-order chi connectivity index (χ0) is 11.6. The fraction of sp³-hybridized carbons (Fsp3) is 0.700. The number of hydrogen-bond acceptors (Lipinski definition) is 3. The minimum atomic E-state index is -4.29. The summed E-state index contributed by atoms with van der Waals surface area (Å²) in [5.41, 5.74) is 0.587. The Morgan fingerprint density at radius 1 is 1.38 bits per heavy atom. The summed E-state index contributed by atoms with van der Waals surface area (Å²) in [7, 11) is 0. The Hall–Kier alpha value is -0.620. The molecule has 1 N–H and O–H groups in total. The van der Waals surface area contributed by atoms with Gasteiger partial charge >= 0.3 is 6.18 Å². The molecule has 90 valence electrons. The van der Waals surface area contributed by atoms with Gasteiger partial charge < -0.3 is 5.32 Å². The molecular formula is C10H13F3N2S. The summed E-state index contributed by atoms with van der Waals surface area (Å²) in [5.74, 6) is 0.476. The molecule has 0 atom stereocenters. The van der Waals surface area contributed by atoms with Gasteiger partial charge in [0.25, 0.3) is 0 Å². The van der Waals surface area contributed by atoms with Crippen molar-refractivity contribution in [2.24, 2.45) is 5.92 Å².